The molecule has 18 heavy (non-hydrogen) atoms. The van der Waals surface area contributed by atoms with E-state index in [1.807, 2.05) is 38.4 Å². The summed E-state index contributed by atoms with van der Waals surface area (Å²) in [6, 6.07) is 3.66. The second-order valence-electron chi connectivity index (χ2n) is 4.05. The number of carboxylic acid groups (broad SMARTS) is 1. The minimum Gasteiger partial charge on any atom is -0.478 e. The Labute approximate surface area is 109 Å². The van der Waals surface area contributed by atoms with Crippen molar-refractivity contribution in [2.75, 3.05) is 0 Å². The third kappa shape index (κ3) is 2.22. The van der Waals surface area contributed by atoms with Crippen LogP contribution in [0, 0.1) is 13.8 Å². The van der Waals surface area contributed by atoms with Crippen LogP contribution in [0.5, 0.6) is 0 Å². The predicted octanol–water partition coefficient (Wildman–Crippen LogP) is 2.72. The smallest absolute Gasteiger partial charge is 0.337 e. The van der Waals surface area contributed by atoms with Crippen molar-refractivity contribution in [3.63, 3.8) is 0 Å². The number of aliphatic carboxylic acids is 1. The van der Waals surface area contributed by atoms with Crippen molar-refractivity contribution in [2.24, 2.45) is 7.05 Å². The highest BCUT2D eigenvalue weighted by Crippen LogP contribution is 2.25. The average molecular weight is 262 g/mol. The molecule has 2 aromatic rings. The summed E-state index contributed by atoms with van der Waals surface area (Å²) in [4.78, 5) is 12.1. The first-order chi connectivity index (χ1) is 8.50. The zero-order chi connectivity index (χ0) is 13.3. The van der Waals surface area contributed by atoms with Crippen molar-refractivity contribution in [1.29, 1.82) is 0 Å². The lowest BCUT2D eigenvalue weighted by molar-refractivity contribution is -0.130. The number of aryl methyl sites for hydroxylation is 2. The maximum atomic E-state index is 11.3. The molecule has 0 fully saturated rings. The Hall–Kier alpha value is -1.88. The molecule has 2 heterocycles. The predicted molar refractivity (Wildman–Crippen MR) is 72.5 cm³/mol. The van der Waals surface area contributed by atoms with Gasteiger partial charge in [0.1, 0.15) is 0 Å². The van der Waals surface area contributed by atoms with Crippen LogP contribution in [0.25, 0.3) is 11.6 Å². The fraction of sp³-hybridized carbons (Fsp3) is 0.231. The number of carboxylic acids is 1. The number of nitrogens with zero attached hydrogens (tertiary/aromatic N) is 2. The van der Waals surface area contributed by atoms with E-state index in [4.69, 9.17) is 0 Å². The van der Waals surface area contributed by atoms with Gasteiger partial charge in [-0.15, -0.1) is 11.3 Å². The monoisotopic (exact) mass is 262 g/mol. The molecular weight excluding hydrogens is 248 g/mol. The van der Waals surface area contributed by atoms with Gasteiger partial charge in [0.25, 0.3) is 0 Å². The first-order valence-electron chi connectivity index (χ1n) is 5.49. The lowest BCUT2D eigenvalue weighted by Crippen LogP contribution is -1.98. The highest BCUT2D eigenvalue weighted by atomic mass is 32.1. The van der Waals surface area contributed by atoms with Crippen LogP contribution >= 0.6 is 11.3 Å². The molecule has 0 aromatic carbocycles. The maximum Gasteiger partial charge on any atom is 0.337 e. The van der Waals surface area contributed by atoms with Crippen LogP contribution in [-0.4, -0.2) is 20.9 Å². The van der Waals surface area contributed by atoms with Crippen molar-refractivity contribution in [2.45, 2.75) is 13.8 Å². The maximum absolute atomic E-state index is 11.3. The summed E-state index contributed by atoms with van der Waals surface area (Å²) in [5.41, 5.74) is 2.99. The summed E-state index contributed by atoms with van der Waals surface area (Å²) in [5.74, 6) is -0.917. The van der Waals surface area contributed by atoms with Gasteiger partial charge >= 0.3 is 5.97 Å². The molecule has 5 heteroatoms. The van der Waals surface area contributed by atoms with Gasteiger partial charge in [-0.1, -0.05) is 6.07 Å². The van der Waals surface area contributed by atoms with Crippen molar-refractivity contribution in [1.82, 2.24) is 9.78 Å². The molecule has 0 radical (unpaired) electrons. The first kappa shape index (κ1) is 12.6. The molecule has 2 rings (SSSR count). The molecule has 0 aliphatic carbocycles. The standard InChI is InChI=1S/C13H14N2O2S/c1-8-10(9(2)15(3)14-8)7-11(13(16)17)12-5-4-6-18-12/h4-7H,1-3H3,(H,16,17)/b11-7-. The minimum absolute atomic E-state index is 0.309. The minimum atomic E-state index is -0.917. The molecule has 4 nitrogen and oxygen atoms in total. The van der Waals surface area contributed by atoms with Gasteiger partial charge in [0.05, 0.1) is 11.3 Å². The first-order valence-corrected chi connectivity index (χ1v) is 6.37. The van der Waals surface area contributed by atoms with Crippen LogP contribution in [0.3, 0.4) is 0 Å². The zero-order valence-electron chi connectivity index (χ0n) is 10.5. The van der Waals surface area contributed by atoms with Gasteiger partial charge in [0.2, 0.25) is 0 Å². The van der Waals surface area contributed by atoms with E-state index >= 15 is 0 Å². The topological polar surface area (TPSA) is 55.1 Å². The Kier molecular flexibility index (Phi) is 3.34. The van der Waals surface area contributed by atoms with Crippen LogP contribution in [0.4, 0.5) is 0 Å². The number of rotatable bonds is 3. The Balaban J connectivity index is 2.56. The lowest BCUT2D eigenvalue weighted by Gasteiger charge is -2.00. The molecule has 0 unspecified atom stereocenters. The second kappa shape index (κ2) is 4.78. The van der Waals surface area contributed by atoms with Crippen LogP contribution in [0.2, 0.25) is 0 Å². The summed E-state index contributed by atoms with van der Waals surface area (Å²) in [5, 5.41) is 15.5. The quantitative estimate of drug-likeness (QED) is 0.865. The van der Waals surface area contributed by atoms with Crippen LogP contribution in [0.15, 0.2) is 17.5 Å². The van der Waals surface area contributed by atoms with Crippen molar-refractivity contribution >= 4 is 29.0 Å². The average Bonchev–Trinajstić information content (AvgIpc) is 2.88. The Morgan fingerprint density at radius 1 is 1.50 bits per heavy atom. The van der Waals surface area contributed by atoms with Crippen molar-refractivity contribution in [3.05, 3.63) is 39.3 Å². The van der Waals surface area contributed by atoms with Crippen LogP contribution in [-0.2, 0) is 11.8 Å². The summed E-state index contributed by atoms with van der Waals surface area (Å²) in [6.45, 7) is 3.81. The number of hydrogen-bond donors (Lipinski definition) is 1. The Bertz CT molecular complexity index is 609. The molecule has 0 saturated heterocycles. The van der Waals surface area contributed by atoms with Gasteiger partial charge in [-0.25, -0.2) is 4.79 Å². The van der Waals surface area contributed by atoms with Gasteiger partial charge in [0, 0.05) is 23.2 Å². The van der Waals surface area contributed by atoms with E-state index in [1.54, 1.807) is 10.8 Å². The molecule has 0 bridgehead atoms. The summed E-state index contributed by atoms with van der Waals surface area (Å²) < 4.78 is 1.76. The van der Waals surface area contributed by atoms with E-state index in [0.29, 0.717) is 5.57 Å². The molecule has 0 saturated carbocycles. The van der Waals surface area contributed by atoms with E-state index in [1.165, 1.54) is 11.3 Å². The zero-order valence-corrected chi connectivity index (χ0v) is 11.3. The molecule has 0 aliphatic heterocycles. The fourth-order valence-electron chi connectivity index (χ4n) is 1.81. The van der Waals surface area contributed by atoms with Crippen LogP contribution < -0.4 is 0 Å². The summed E-state index contributed by atoms with van der Waals surface area (Å²) >= 11 is 1.42. The van der Waals surface area contributed by atoms with Crippen LogP contribution in [0.1, 0.15) is 21.8 Å². The van der Waals surface area contributed by atoms with Crippen molar-refractivity contribution in [3.8, 4) is 0 Å². The van der Waals surface area contributed by atoms with E-state index in [9.17, 15) is 9.90 Å². The Morgan fingerprint density at radius 3 is 2.67 bits per heavy atom. The van der Waals surface area contributed by atoms with Gasteiger partial charge in [-0.2, -0.15) is 5.10 Å². The molecule has 0 aliphatic rings. The third-order valence-corrected chi connectivity index (χ3v) is 3.77. The molecule has 0 spiro atoms. The van der Waals surface area contributed by atoms with Gasteiger partial charge < -0.3 is 5.11 Å². The molecular formula is C13H14N2O2S. The van der Waals surface area contributed by atoms with Gasteiger partial charge in [0.15, 0.2) is 0 Å². The number of carbonyl (C=O) groups is 1. The summed E-state index contributed by atoms with van der Waals surface area (Å²) in [6.07, 6.45) is 1.70. The van der Waals surface area contributed by atoms with Crippen molar-refractivity contribution < 1.29 is 9.90 Å². The second-order valence-corrected chi connectivity index (χ2v) is 5.00. The van der Waals surface area contributed by atoms with E-state index in [-0.39, 0.29) is 0 Å². The van der Waals surface area contributed by atoms with E-state index < -0.39 is 5.97 Å². The molecule has 94 valence electrons. The normalized spacial score (nSPS) is 11.8. The highest BCUT2D eigenvalue weighted by Gasteiger charge is 2.15. The summed E-state index contributed by atoms with van der Waals surface area (Å²) in [7, 11) is 1.85. The molecule has 0 atom stereocenters. The number of thiophene rings is 1. The number of hydrogen-bond acceptors (Lipinski definition) is 3. The largest absolute Gasteiger partial charge is 0.478 e. The molecule has 0 amide bonds. The number of aromatic nitrogens is 2. The fourth-order valence-corrected chi connectivity index (χ4v) is 2.55. The Morgan fingerprint density at radius 2 is 2.22 bits per heavy atom. The van der Waals surface area contributed by atoms with E-state index in [0.717, 1.165) is 21.8 Å². The third-order valence-electron chi connectivity index (χ3n) is 2.87. The molecule has 2 aromatic heterocycles. The SMILES string of the molecule is Cc1nn(C)c(C)c1/C=C(\C(=O)O)c1cccs1. The van der Waals surface area contributed by atoms with Gasteiger partial charge in [-0.3, -0.25) is 4.68 Å². The van der Waals surface area contributed by atoms with Gasteiger partial charge in [-0.05, 0) is 31.4 Å². The highest BCUT2D eigenvalue weighted by molar-refractivity contribution is 7.11. The lowest BCUT2D eigenvalue weighted by atomic mass is 10.1. The molecule has 1 N–H and O–H groups in total. The van der Waals surface area contributed by atoms with E-state index in [2.05, 4.69) is 5.10 Å².